The van der Waals surface area contributed by atoms with E-state index in [9.17, 15) is 22.9 Å². The molecule has 1 heterocycles. The van der Waals surface area contributed by atoms with Crippen LogP contribution in [0.5, 0.6) is 0 Å². The van der Waals surface area contributed by atoms with E-state index in [1.54, 1.807) is 17.0 Å². The number of rotatable bonds is 4. The highest BCUT2D eigenvalue weighted by atomic mass is 35.5. The summed E-state index contributed by atoms with van der Waals surface area (Å²) < 4.78 is 40.0. The molecule has 0 aliphatic carbocycles. The largest absolute Gasteiger partial charge is 0.363 e. The molecule has 1 saturated heterocycles. The first kappa shape index (κ1) is 18.6. The third-order valence-electron chi connectivity index (χ3n) is 4.15. The number of nitro benzene ring substituents is 1. The van der Waals surface area contributed by atoms with Gasteiger partial charge in [-0.1, -0.05) is 17.7 Å². The molecule has 3 rings (SSSR count). The number of nitro groups is 1. The Morgan fingerprint density at radius 2 is 1.77 bits per heavy atom. The second kappa shape index (κ2) is 7.18. The van der Waals surface area contributed by atoms with Crippen LogP contribution in [0.2, 0.25) is 5.02 Å². The van der Waals surface area contributed by atoms with Gasteiger partial charge in [0.25, 0.3) is 5.69 Å². The van der Waals surface area contributed by atoms with Crippen molar-refractivity contribution in [2.45, 2.75) is 4.90 Å². The number of nitrogens with zero attached hydrogens (tertiary/aromatic N) is 3. The molecule has 0 atom stereocenters. The number of benzene rings is 2. The van der Waals surface area contributed by atoms with Crippen molar-refractivity contribution < 1.29 is 17.7 Å². The summed E-state index contributed by atoms with van der Waals surface area (Å²) in [6.45, 7) is 0.825. The topological polar surface area (TPSA) is 83.8 Å². The molecule has 1 aliphatic heterocycles. The van der Waals surface area contributed by atoms with E-state index in [1.807, 2.05) is 0 Å². The average Bonchev–Trinajstić information content (AvgIpc) is 2.61. The zero-order valence-corrected chi connectivity index (χ0v) is 15.1. The molecule has 10 heteroatoms. The maximum absolute atomic E-state index is 13.3. The molecule has 138 valence electrons. The van der Waals surface area contributed by atoms with Gasteiger partial charge in [-0.2, -0.15) is 4.31 Å². The molecule has 7 nitrogen and oxygen atoms in total. The Hall–Kier alpha value is -2.23. The molecule has 0 bridgehead atoms. The van der Waals surface area contributed by atoms with Gasteiger partial charge in [-0.15, -0.1) is 0 Å². The molecule has 0 N–H and O–H groups in total. The SMILES string of the molecule is O=[N+]([O-])c1cc(F)ccc1N1CCN(S(=O)(=O)c2cccc(Cl)c2)CC1. The molecule has 0 saturated carbocycles. The Bertz CT molecular complexity index is 946. The molecule has 2 aromatic rings. The molecule has 0 unspecified atom stereocenters. The van der Waals surface area contributed by atoms with Crippen LogP contribution in [0.15, 0.2) is 47.4 Å². The van der Waals surface area contributed by atoms with E-state index in [2.05, 4.69) is 0 Å². The van der Waals surface area contributed by atoms with Crippen LogP contribution in [0, 0.1) is 15.9 Å². The summed E-state index contributed by atoms with van der Waals surface area (Å²) in [5.74, 6) is -0.692. The van der Waals surface area contributed by atoms with Crippen molar-refractivity contribution in [2.75, 3.05) is 31.1 Å². The van der Waals surface area contributed by atoms with Gasteiger partial charge in [-0.25, -0.2) is 12.8 Å². The lowest BCUT2D eigenvalue weighted by atomic mass is 10.2. The summed E-state index contributed by atoms with van der Waals surface area (Å²) in [6, 6.07) is 9.36. The predicted octanol–water partition coefficient (Wildman–Crippen LogP) is 2.90. The van der Waals surface area contributed by atoms with E-state index in [4.69, 9.17) is 11.6 Å². The summed E-state index contributed by atoms with van der Waals surface area (Å²) in [6.07, 6.45) is 0. The lowest BCUT2D eigenvalue weighted by Crippen LogP contribution is -2.48. The normalized spacial score (nSPS) is 15.8. The Morgan fingerprint density at radius 3 is 2.38 bits per heavy atom. The smallest absolute Gasteiger partial charge is 0.295 e. The third kappa shape index (κ3) is 3.64. The lowest BCUT2D eigenvalue weighted by molar-refractivity contribution is -0.384. The zero-order chi connectivity index (χ0) is 18.9. The minimum Gasteiger partial charge on any atom is -0.363 e. The van der Waals surface area contributed by atoms with E-state index in [0.29, 0.717) is 5.02 Å². The Kier molecular flexibility index (Phi) is 5.12. The van der Waals surface area contributed by atoms with Gasteiger partial charge in [0.1, 0.15) is 11.5 Å². The van der Waals surface area contributed by atoms with Crippen LogP contribution in [-0.2, 0) is 10.0 Å². The minimum atomic E-state index is -3.69. The highest BCUT2D eigenvalue weighted by Crippen LogP contribution is 2.30. The predicted molar refractivity (Wildman–Crippen MR) is 95.5 cm³/mol. The van der Waals surface area contributed by atoms with Gasteiger partial charge in [-0.05, 0) is 30.3 Å². The van der Waals surface area contributed by atoms with Gasteiger partial charge in [0.15, 0.2) is 0 Å². The van der Waals surface area contributed by atoms with Gasteiger partial charge >= 0.3 is 0 Å². The highest BCUT2D eigenvalue weighted by molar-refractivity contribution is 7.89. The van der Waals surface area contributed by atoms with Crippen molar-refractivity contribution in [3.63, 3.8) is 0 Å². The number of hydrogen-bond donors (Lipinski definition) is 0. The second-order valence-corrected chi connectivity index (χ2v) is 8.11. The van der Waals surface area contributed by atoms with Gasteiger partial charge in [0.2, 0.25) is 10.0 Å². The fourth-order valence-electron chi connectivity index (χ4n) is 2.86. The van der Waals surface area contributed by atoms with Crippen LogP contribution < -0.4 is 4.90 Å². The average molecular weight is 400 g/mol. The minimum absolute atomic E-state index is 0.103. The fourth-order valence-corrected chi connectivity index (χ4v) is 4.58. The molecular weight excluding hydrogens is 385 g/mol. The Morgan fingerprint density at radius 1 is 1.08 bits per heavy atom. The Labute approximate surface area is 154 Å². The summed E-state index contributed by atoms with van der Waals surface area (Å²) in [4.78, 5) is 12.3. The summed E-state index contributed by atoms with van der Waals surface area (Å²) in [7, 11) is -3.69. The maximum atomic E-state index is 13.3. The van der Waals surface area contributed by atoms with E-state index in [1.165, 1.54) is 22.5 Å². The summed E-state index contributed by atoms with van der Waals surface area (Å²) in [5, 5.41) is 11.5. The molecule has 0 radical (unpaired) electrons. The van der Waals surface area contributed by atoms with Crippen LogP contribution in [0.25, 0.3) is 0 Å². The van der Waals surface area contributed by atoms with Crippen LogP contribution in [0.3, 0.4) is 0 Å². The molecule has 0 amide bonds. The van der Waals surface area contributed by atoms with Crippen molar-refractivity contribution in [2.24, 2.45) is 0 Å². The summed E-state index contributed by atoms with van der Waals surface area (Å²) >= 11 is 5.87. The number of halogens is 2. The van der Waals surface area contributed by atoms with E-state index in [0.717, 1.165) is 12.1 Å². The van der Waals surface area contributed by atoms with Crippen molar-refractivity contribution in [3.05, 3.63) is 63.4 Å². The molecule has 1 fully saturated rings. The molecule has 2 aromatic carbocycles. The fraction of sp³-hybridized carbons (Fsp3) is 0.250. The second-order valence-electron chi connectivity index (χ2n) is 5.74. The quantitative estimate of drug-likeness (QED) is 0.583. The van der Waals surface area contributed by atoms with Crippen molar-refractivity contribution in [1.82, 2.24) is 4.31 Å². The molecule has 0 aromatic heterocycles. The van der Waals surface area contributed by atoms with Crippen LogP contribution in [-0.4, -0.2) is 43.8 Å². The molecular formula is C16H15ClFN3O4S. The van der Waals surface area contributed by atoms with Gasteiger partial charge in [-0.3, -0.25) is 10.1 Å². The Balaban J connectivity index is 1.79. The van der Waals surface area contributed by atoms with Gasteiger partial charge in [0, 0.05) is 31.2 Å². The van der Waals surface area contributed by atoms with E-state index < -0.39 is 20.8 Å². The number of sulfonamides is 1. The van der Waals surface area contributed by atoms with Crippen molar-refractivity contribution in [1.29, 1.82) is 0 Å². The number of piperazine rings is 1. The first-order chi connectivity index (χ1) is 12.3. The molecule has 0 spiro atoms. The first-order valence-corrected chi connectivity index (χ1v) is 9.55. The van der Waals surface area contributed by atoms with E-state index >= 15 is 0 Å². The number of anilines is 1. The highest BCUT2D eigenvalue weighted by Gasteiger charge is 2.30. The maximum Gasteiger partial charge on any atom is 0.295 e. The number of hydrogen-bond acceptors (Lipinski definition) is 5. The van der Waals surface area contributed by atoms with Crippen LogP contribution >= 0.6 is 11.6 Å². The molecule has 1 aliphatic rings. The standard InChI is InChI=1S/C16H15ClFN3O4S/c17-12-2-1-3-14(10-12)26(24,25)20-8-6-19(7-9-20)15-5-4-13(18)11-16(15)21(22)23/h1-5,10-11H,6-9H2. The van der Waals surface area contributed by atoms with Crippen molar-refractivity contribution in [3.8, 4) is 0 Å². The van der Waals surface area contributed by atoms with Gasteiger partial charge < -0.3 is 4.90 Å². The molecule has 26 heavy (non-hydrogen) atoms. The third-order valence-corrected chi connectivity index (χ3v) is 6.28. The van der Waals surface area contributed by atoms with Crippen LogP contribution in [0.1, 0.15) is 0 Å². The van der Waals surface area contributed by atoms with E-state index in [-0.39, 0.29) is 42.4 Å². The van der Waals surface area contributed by atoms with Gasteiger partial charge in [0.05, 0.1) is 15.9 Å². The van der Waals surface area contributed by atoms with Crippen molar-refractivity contribution >= 4 is 33.0 Å². The monoisotopic (exact) mass is 399 g/mol. The first-order valence-electron chi connectivity index (χ1n) is 7.73. The lowest BCUT2D eigenvalue weighted by Gasteiger charge is -2.35. The van der Waals surface area contributed by atoms with Crippen LogP contribution in [0.4, 0.5) is 15.8 Å². The zero-order valence-electron chi connectivity index (χ0n) is 13.5. The summed E-state index contributed by atoms with van der Waals surface area (Å²) in [5.41, 5.74) is -0.0626.